The first-order chi connectivity index (χ1) is 19.2. The van der Waals surface area contributed by atoms with Crippen LogP contribution in [0, 0.1) is 0 Å². The minimum atomic E-state index is -1.18. The molecule has 40 heavy (non-hydrogen) atoms. The Morgan fingerprint density at radius 2 is 1.85 bits per heavy atom. The summed E-state index contributed by atoms with van der Waals surface area (Å²) in [4.78, 5) is 48.5. The highest BCUT2D eigenvalue weighted by Gasteiger charge is 2.37. The second kappa shape index (κ2) is 11.1. The van der Waals surface area contributed by atoms with Crippen molar-refractivity contribution in [2.75, 3.05) is 12.3 Å². The Bertz CT molecular complexity index is 1600. The molecule has 13 heteroatoms. The summed E-state index contributed by atoms with van der Waals surface area (Å²) in [6.07, 6.45) is 1.14. The van der Waals surface area contributed by atoms with Gasteiger partial charge in [-0.15, -0.1) is 0 Å². The number of carbonyl (C=O) groups is 3. The summed E-state index contributed by atoms with van der Waals surface area (Å²) in [5.41, 5.74) is 13.1. The summed E-state index contributed by atoms with van der Waals surface area (Å²) >= 11 is 0. The minimum absolute atomic E-state index is 0.00592. The van der Waals surface area contributed by atoms with E-state index < -0.39 is 30.3 Å². The number of aromatic carboxylic acids is 1. The van der Waals surface area contributed by atoms with Crippen LogP contribution >= 0.6 is 0 Å². The summed E-state index contributed by atoms with van der Waals surface area (Å²) in [7, 11) is 0. The second-order valence-corrected chi connectivity index (χ2v) is 9.31. The van der Waals surface area contributed by atoms with E-state index in [1.165, 1.54) is 30.9 Å². The molecule has 4 aromatic rings. The number of primary amides is 1. The lowest BCUT2D eigenvalue weighted by Gasteiger charge is -2.18. The number of carbonyl (C=O) groups excluding carboxylic acids is 2. The van der Waals surface area contributed by atoms with Crippen molar-refractivity contribution in [1.82, 2.24) is 19.5 Å². The zero-order chi connectivity index (χ0) is 28.4. The van der Waals surface area contributed by atoms with Crippen LogP contribution in [0.3, 0.4) is 0 Å². The van der Waals surface area contributed by atoms with E-state index in [2.05, 4.69) is 15.0 Å². The highest BCUT2D eigenvalue weighted by Crippen LogP contribution is 2.32. The molecule has 1 fully saturated rings. The topological polar surface area (TPSA) is 206 Å². The predicted octanol–water partition coefficient (Wildman–Crippen LogP) is 1.75. The van der Waals surface area contributed by atoms with Gasteiger partial charge in [0.15, 0.2) is 23.5 Å². The molecule has 0 saturated carbocycles. The van der Waals surface area contributed by atoms with Crippen molar-refractivity contribution < 1.29 is 34.1 Å². The van der Waals surface area contributed by atoms with Crippen molar-refractivity contribution in [1.29, 1.82) is 0 Å². The number of amides is 1. The van der Waals surface area contributed by atoms with E-state index in [0.717, 1.165) is 0 Å². The number of imidazole rings is 1. The average molecular weight is 547 g/mol. The molecule has 0 bridgehead atoms. The highest BCUT2D eigenvalue weighted by atomic mass is 16.6. The van der Waals surface area contributed by atoms with E-state index in [1.807, 2.05) is 0 Å². The molecule has 2 aromatic heterocycles. The third kappa shape index (κ3) is 5.32. The minimum Gasteiger partial charge on any atom is -0.490 e. The smallest absolute Gasteiger partial charge is 0.336 e. The number of hydrogen-bond acceptors (Lipinski definition) is 10. The van der Waals surface area contributed by atoms with E-state index in [-0.39, 0.29) is 59.9 Å². The number of Topliss-reactive ketones (excluding diaryl/α,β-unsaturated/α-hetero) is 1. The molecule has 0 radical (unpaired) electrons. The molecule has 2 aromatic carbocycles. The number of ketones is 1. The summed E-state index contributed by atoms with van der Waals surface area (Å²) in [5.74, 6) is -1.77. The van der Waals surface area contributed by atoms with Crippen LogP contribution < -0.4 is 16.2 Å². The molecule has 0 aliphatic carbocycles. The molecule has 1 amide bonds. The zero-order valence-corrected chi connectivity index (χ0v) is 21.1. The number of rotatable bonds is 10. The van der Waals surface area contributed by atoms with Crippen molar-refractivity contribution in [3.8, 4) is 5.75 Å². The number of aromatic nitrogens is 4. The lowest BCUT2D eigenvalue weighted by Crippen LogP contribution is -2.21. The summed E-state index contributed by atoms with van der Waals surface area (Å²) in [5, 5.41) is 20.0. The molecular formula is C27H26N6O7. The van der Waals surface area contributed by atoms with Crippen LogP contribution in [-0.2, 0) is 11.2 Å². The Morgan fingerprint density at radius 3 is 2.60 bits per heavy atom. The molecule has 1 aliphatic heterocycles. The molecule has 206 valence electrons. The van der Waals surface area contributed by atoms with Crippen LogP contribution in [0.5, 0.6) is 5.75 Å². The van der Waals surface area contributed by atoms with Crippen molar-refractivity contribution in [3.05, 3.63) is 77.4 Å². The summed E-state index contributed by atoms with van der Waals surface area (Å²) in [6.45, 7) is 0.00592. The fourth-order valence-corrected chi connectivity index (χ4v) is 4.68. The van der Waals surface area contributed by atoms with Crippen LogP contribution in [0.1, 0.15) is 55.7 Å². The standard InChI is InChI=1S/C27H26N6O7/c28-23-22-25(31-12-30-23)33(13-32-22)26-20(35)10-15(40-26)11-39-21-9-14(5-7-18(21)24(29)36)6-8-19(34)16-3-1-2-4-17(16)27(37)38/h1-5,7,9,12-13,15,20,26,35H,6,8,10-11H2,(H2,29,36)(H,37,38)(H2,28,30,31)/t15-,20+,26+/m0/s1. The largest absolute Gasteiger partial charge is 0.490 e. The molecular weight excluding hydrogens is 520 g/mol. The van der Waals surface area contributed by atoms with Gasteiger partial charge in [0.1, 0.15) is 30.3 Å². The number of nitrogens with zero attached hydrogens (tertiary/aromatic N) is 4. The molecule has 1 aliphatic rings. The molecule has 3 heterocycles. The fourth-order valence-electron chi connectivity index (χ4n) is 4.68. The number of aryl methyl sites for hydroxylation is 1. The van der Waals surface area contributed by atoms with Crippen LogP contribution in [-0.4, -0.2) is 66.2 Å². The number of nitrogens with two attached hydrogens (primary N) is 2. The normalized spacial score (nSPS) is 18.6. The fraction of sp³-hybridized carbons (Fsp3) is 0.259. The number of aliphatic hydroxyl groups excluding tert-OH is 1. The third-order valence-corrected chi connectivity index (χ3v) is 6.66. The van der Waals surface area contributed by atoms with Crippen LogP contribution in [0.15, 0.2) is 55.1 Å². The van der Waals surface area contributed by atoms with Crippen molar-refractivity contribution in [2.45, 2.75) is 37.7 Å². The van der Waals surface area contributed by atoms with Crippen LogP contribution in [0.4, 0.5) is 5.82 Å². The first kappa shape index (κ1) is 26.7. The SMILES string of the molecule is NC(=O)c1ccc(CCC(=O)c2ccccc2C(=O)O)cc1OC[C@@H]1C[C@@H](O)[C@H](n2cnc3c(N)ncnc32)O1. The molecule has 3 atom stereocenters. The van der Waals surface area contributed by atoms with Gasteiger partial charge >= 0.3 is 5.97 Å². The number of benzene rings is 2. The number of carboxylic acids is 1. The number of aliphatic hydroxyl groups is 1. The Balaban J connectivity index is 1.26. The third-order valence-electron chi connectivity index (χ3n) is 6.66. The van der Waals surface area contributed by atoms with Crippen molar-refractivity contribution in [3.63, 3.8) is 0 Å². The Kier molecular flexibility index (Phi) is 7.40. The van der Waals surface area contributed by atoms with E-state index in [9.17, 15) is 24.6 Å². The molecule has 0 unspecified atom stereocenters. The molecule has 5 rings (SSSR count). The summed E-state index contributed by atoms with van der Waals surface area (Å²) < 4.78 is 13.5. The van der Waals surface area contributed by atoms with Gasteiger partial charge in [-0.05, 0) is 30.2 Å². The number of ether oxygens (including phenoxy) is 2. The van der Waals surface area contributed by atoms with E-state index in [0.29, 0.717) is 16.7 Å². The second-order valence-electron chi connectivity index (χ2n) is 9.31. The Labute approximate surface area is 227 Å². The highest BCUT2D eigenvalue weighted by molar-refractivity contribution is 6.05. The maximum Gasteiger partial charge on any atom is 0.336 e. The first-order valence-electron chi connectivity index (χ1n) is 12.4. The van der Waals surface area contributed by atoms with Gasteiger partial charge in [-0.3, -0.25) is 14.2 Å². The van der Waals surface area contributed by atoms with Gasteiger partial charge in [-0.1, -0.05) is 24.3 Å². The van der Waals surface area contributed by atoms with Gasteiger partial charge in [0.2, 0.25) is 0 Å². The number of fused-ring (bicyclic) bond motifs is 1. The maximum absolute atomic E-state index is 12.7. The maximum atomic E-state index is 12.7. The van der Waals surface area contributed by atoms with Gasteiger partial charge < -0.3 is 31.2 Å². The molecule has 0 spiro atoms. The van der Waals surface area contributed by atoms with Gasteiger partial charge in [0, 0.05) is 18.4 Å². The molecule has 13 nitrogen and oxygen atoms in total. The molecule has 6 N–H and O–H groups in total. The predicted molar refractivity (Wildman–Crippen MR) is 141 cm³/mol. The van der Waals surface area contributed by atoms with E-state index in [4.69, 9.17) is 20.9 Å². The first-order valence-corrected chi connectivity index (χ1v) is 12.4. The van der Waals surface area contributed by atoms with Crippen LogP contribution in [0.2, 0.25) is 0 Å². The Morgan fingerprint density at radius 1 is 1.07 bits per heavy atom. The van der Waals surface area contributed by atoms with Gasteiger partial charge in [-0.2, -0.15) is 0 Å². The number of anilines is 1. The summed E-state index contributed by atoms with van der Waals surface area (Å²) in [6, 6.07) is 10.8. The lowest BCUT2D eigenvalue weighted by atomic mass is 9.98. The number of hydrogen-bond donors (Lipinski definition) is 4. The van der Waals surface area contributed by atoms with Gasteiger partial charge in [-0.25, -0.2) is 19.7 Å². The Hall–Kier alpha value is -4.88. The van der Waals surface area contributed by atoms with E-state index >= 15 is 0 Å². The lowest BCUT2D eigenvalue weighted by molar-refractivity contribution is -0.0458. The number of nitrogen functional groups attached to an aromatic ring is 1. The van der Waals surface area contributed by atoms with E-state index in [1.54, 1.807) is 28.8 Å². The zero-order valence-electron chi connectivity index (χ0n) is 21.1. The average Bonchev–Trinajstić information content (AvgIpc) is 3.54. The van der Waals surface area contributed by atoms with Gasteiger partial charge in [0.05, 0.1) is 23.6 Å². The number of carboxylic acid groups (broad SMARTS) is 1. The quantitative estimate of drug-likeness (QED) is 0.211. The monoisotopic (exact) mass is 546 g/mol. The van der Waals surface area contributed by atoms with Crippen molar-refractivity contribution in [2.24, 2.45) is 5.73 Å². The molecule has 1 saturated heterocycles. The van der Waals surface area contributed by atoms with Gasteiger partial charge in [0.25, 0.3) is 5.91 Å². The van der Waals surface area contributed by atoms with Crippen LogP contribution in [0.25, 0.3) is 11.2 Å². The van der Waals surface area contributed by atoms with Crippen molar-refractivity contribution >= 4 is 34.6 Å².